The fourth-order valence-corrected chi connectivity index (χ4v) is 5.77. The van der Waals surface area contributed by atoms with Crippen LogP contribution in [-0.4, -0.2) is 48.8 Å². The summed E-state index contributed by atoms with van der Waals surface area (Å²) in [6.45, 7) is 4.15. The van der Waals surface area contributed by atoms with Crippen LogP contribution in [0.5, 0.6) is 0 Å². The van der Waals surface area contributed by atoms with Gasteiger partial charge in [-0.05, 0) is 36.6 Å². The van der Waals surface area contributed by atoms with Crippen molar-refractivity contribution in [1.82, 2.24) is 9.62 Å². The molecule has 0 saturated carbocycles. The monoisotopic (exact) mass is 388 g/mol. The molecule has 1 aromatic heterocycles. The lowest BCUT2D eigenvalue weighted by atomic mass is 9.97. The first kappa shape index (κ1) is 19.9. The lowest BCUT2D eigenvalue weighted by Crippen LogP contribution is -2.47. The number of hydrogen-bond donors (Lipinski definition) is 2. The standard InChI is InChI=1S/C16H24N2O5S2/c1-11(2)9-12(16(20)21)10-17-15(19)13-5-3-7-18(13)25(22,23)14-6-4-8-24-14/h4,6,8,11-13H,3,5,7,9-10H2,1-2H3,(H,17,19)(H,20,21). The number of thiophene rings is 1. The van der Waals surface area contributed by atoms with E-state index in [4.69, 9.17) is 0 Å². The largest absolute Gasteiger partial charge is 0.481 e. The molecule has 9 heteroatoms. The minimum atomic E-state index is -3.69. The summed E-state index contributed by atoms with van der Waals surface area (Å²) in [6, 6.07) is 2.41. The van der Waals surface area contributed by atoms with Crippen LogP contribution in [0.1, 0.15) is 33.1 Å². The van der Waals surface area contributed by atoms with E-state index in [0.29, 0.717) is 25.8 Å². The van der Waals surface area contributed by atoms with Gasteiger partial charge in [-0.25, -0.2) is 8.42 Å². The molecule has 1 aliphatic rings. The van der Waals surface area contributed by atoms with E-state index in [1.54, 1.807) is 11.4 Å². The van der Waals surface area contributed by atoms with Gasteiger partial charge in [0.25, 0.3) is 10.0 Å². The molecule has 1 amide bonds. The van der Waals surface area contributed by atoms with E-state index in [9.17, 15) is 23.1 Å². The maximum Gasteiger partial charge on any atom is 0.308 e. The van der Waals surface area contributed by atoms with E-state index in [1.807, 2.05) is 13.8 Å². The minimum Gasteiger partial charge on any atom is -0.481 e. The average molecular weight is 389 g/mol. The molecule has 2 unspecified atom stereocenters. The summed E-state index contributed by atoms with van der Waals surface area (Å²) in [5.74, 6) is -1.86. The Morgan fingerprint density at radius 1 is 1.44 bits per heavy atom. The molecule has 2 N–H and O–H groups in total. The van der Waals surface area contributed by atoms with Crippen molar-refractivity contribution in [3.05, 3.63) is 17.5 Å². The van der Waals surface area contributed by atoms with Gasteiger partial charge in [-0.2, -0.15) is 4.31 Å². The summed E-state index contributed by atoms with van der Waals surface area (Å²) in [7, 11) is -3.69. The zero-order valence-electron chi connectivity index (χ0n) is 14.3. The van der Waals surface area contributed by atoms with E-state index in [1.165, 1.54) is 10.4 Å². The number of aliphatic carboxylic acids is 1. The number of rotatable bonds is 8. The van der Waals surface area contributed by atoms with Crippen LogP contribution in [0.15, 0.2) is 21.7 Å². The minimum absolute atomic E-state index is 0.00966. The summed E-state index contributed by atoms with van der Waals surface area (Å²) in [4.78, 5) is 23.8. The molecule has 2 heterocycles. The summed E-state index contributed by atoms with van der Waals surface area (Å²) in [5, 5.41) is 13.6. The fraction of sp³-hybridized carbons (Fsp3) is 0.625. The normalized spacial score (nSPS) is 19.9. The van der Waals surface area contributed by atoms with Crippen molar-refractivity contribution < 1.29 is 23.1 Å². The number of carboxylic acids is 1. The Balaban J connectivity index is 2.04. The highest BCUT2D eigenvalue weighted by atomic mass is 32.2. The molecule has 0 spiro atoms. The third-order valence-corrected chi connectivity index (χ3v) is 7.47. The van der Waals surface area contributed by atoms with Gasteiger partial charge in [0.2, 0.25) is 5.91 Å². The van der Waals surface area contributed by atoms with Crippen molar-refractivity contribution in [1.29, 1.82) is 0 Å². The van der Waals surface area contributed by atoms with Gasteiger partial charge in [-0.15, -0.1) is 11.3 Å². The van der Waals surface area contributed by atoms with Crippen molar-refractivity contribution in [2.24, 2.45) is 11.8 Å². The van der Waals surface area contributed by atoms with Crippen molar-refractivity contribution >= 4 is 33.2 Å². The molecule has 1 saturated heterocycles. The topological polar surface area (TPSA) is 104 Å². The zero-order chi connectivity index (χ0) is 18.6. The van der Waals surface area contributed by atoms with Crippen molar-refractivity contribution in [2.75, 3.05) is 13.1 Å². The second-order valence-electron chi connectivity index (χ2n) is 6.62. The summed E-state index contributed by atoms with van der Waals surface area (Å²) in [5.41, 5.74) is 0. The number of carbonyl (C=O) groups excluding carboxylic acids is 1. The highest BCUT2D eigenvalue weighted by Crippen LogP contribution is 2.28. The van der Waals surface area contributed by atoms with Gasteiger partial charge in [0.15, 0.2) is 0 Å². The Kier molecular flexibility index (Phi) is 6.59. The second kappa shape index (κ2) is 8.29. The van der Waals surface area contributed by atoms with Crippen LogP contribution in [0, 0.1) is 11.8 Å². The SMILES string of the molecule is CC(C)CC(CNC(=O)C1CCCN1S(=O)(=O)c1cccs1)C(=O)O. The molecule has 0 aromatic carbocycles. The van der Waals surface area contributed by atoms with Crippen LogP contribution < -0.4 is 5.32 Å². The Bertz CT molecular complexity index is 700. The number of hydrogen-bond acceptors (Lipinski definition) is 5. The van der Waals surface area contributed by atoms with E-state index < -0.39 is 33.9 Å². The van der Waals surface area contributed by atoms with Gasteiger partial charge in [0, 0.05) is 13.1 Å². The first-order valence-electron chi connectivity index (χ1n) is 8.29. The highest BCUT2D eigenvalue weighted by Gasteiger charge is 2.40. The Morgan fingerprint density at radius 2 is 2.16 bits per heavy atom. The summed E-state index contributed by atoms with van der Waals surface area (Å²) < 4.78 is 26.8. The summed E-state index contributed by atoms with van der Waals surface area (Å²) in [6.07, 6.45) is 1.51. The predicted octanol–water partition coefficient (Wildman–Crippen LogP) is 1.76. The molecule has 25 heavy (non-hydrogen) atoms. The van der Waals surface area contributed by atoms with Gasteiger partial charge >= 0.3 is 5.97 Å². The van der Waals surface area contributed by atoms with Gasteiger partial charge in [-0.1, -0.05) is 19.9 Å². The van der Waals surface area contributed by atoms with E-state index in [-0.39, 0.29) is 16.7 Å². The lowest BCUT2D eigenvalue weighted by Gasteiger charge is -2.23. The Labute approximate surface area is 152 Å². The number of nitrogens with zero attached hydrogens (tertiary/aromatic N) is 1. The highest BCUT2D eigenvalue weighted by molar-refractivity contribution is 7.91. The van der Waals surface area contributed by atoms with Crippen LogP contribution in [-0.2, 0) is 19.6 Å². The molecule has 1 fully saturated rings. The number of carboxylic acid groups (broad SMARTS) is 1. The average Bonchev–Trinajstić information content (AvgIpc) is 3.21. The van der Waals surface area contributed by atoms with Crippen LogP contribution in [0.2, 0.25) is 0 Å². The van der Waals surface area contributed by atoms with Crippen molar-refractivity contribution in [3.63, 3.8) is 0 Å². The molecule has 1 aromatic rings. The van der Waals surface area contributed by atoms with Crippen LogP contribution in [0.3, 0.4) is 0 Å². The van der Waals surface area contributed by atoms with Gasteiger partial charge in [-0.3, -0.25) is 9.59 Å². The summed E-state index contributed by atoms with van der Waals surface area (Å²) >= 11 is 1.12. The van der Waals surface area contributed by atoms with E-state index in [0.717, 1.165) is 11.3 Å². The molecule has 7 nitrogen and oxygen atoms in total. The van der Waals surface area contributed by atoms with Gasteiger partial charge in [0.05, 0.1) is 5.92 Å². The second-order valence-corrected chi connectivity index (χ2v) is 9.68. The first-order chi connectivity index (χ1) is 11.7. The smallest absolute Gasteiger partial charge is 0.308 e. The predicted molar refractivity (Wildman–Crippen MR) is 94.8 cm³/mol. The molecule has 140 valence electrons. The Hall–Kier alpha value is -1.45. The van der Waals surface area contributed by atoms with Crippen LogP contribution in [0.4, 0.5) is 0 Å². The third-order valence-electron chi connectivity index (χ3n) is 4.19. The molecule has 0 aliphatic carbocycles. The molecule has 0 bridgehead atoms. The number of sulfonamides is 1. The maximum atomic E-state index is 12.7. The quantitative estimate of drug-likeness (QED) is 0.706. The van der Waals surface area contributed by atoms with Crippen molar-refractivity contribution in [2.45, 2.75) is 43.4 Å². The van der Waals surface area contributed by atoms with Gasteiger partial charge in [0.1, 0.15) is 10.3 Å². The fourth-order valence-electron chi connectivity index (χ4n) is 3.00. The maximum absolute atomic E-state index is 12.7. The molecular formula is C16H24N2O5S2. The molecule has 2 rings (SSSR count). The molecular weight excluding hydrogens is 364 g/mol. The van der Waals surface area contributed by atoms with E-state index in [2.05, 4.69) is 5.32 Å². The van der Waals surface area contributed by atoms with Crippen molar-refractivity contribution in [3.8, 4) is 0 Å². The number of nitrogens with one attached hydrogen (secondary N) is 1. The van der Waals surface area contributed by atoms with Gasteiger partial charge < -0.3 is 10.4 Å². The van der Waals surface area contributed by atoms with Crippen LogP contribution >= 0.6 is 11.3 Å². The van der Waals surface area contributed by atoms with Crippen LogP contribution in [0.25, 0.3) is 0 Å². The number of amides is 1. The Morgan fingerprint density at radius 3 is 2.72 bits per heavy atom. The lowest BCUT2D eigenvalue weighted by molar-refractivity contribution is -0.142. The molecule has 0 radical (unpaired) electrons. The first-order valence-corrected chi connectivity index (χ1v) is 10.6. The molecule has 2 atom stereocenters. The number of carbonyl (C=O) groups is 2. The van der Waals surface area contributed by atoms with E-state index >= 15 is 0 Å². The zero-order valence-corrected chi connectivity index (χ0v) is 16.0. The third kappa shape index (κ3) is 4.80. The molecule has 1 aliphatic heterocycles.